The van der Waals surface area contributed by atoms with Gasteiger partial charge in [0.05, 0.1) is 5.52 Å². The predicted octanol–water partition coefficient (Wildman–Crippen LogP) is 0.799. The quantitative estimate of drug-likeness (QED) is 0.725. The molecule has 2 N–H and O–H groups in total. The van der Waals surface area contributed by atoms with Gasteiger partial charge in [-0.1, -0.05) is 18.2 Å². The summed E-state index contributed by atoms with van der Waals surface area (Å²) in [5.74, 6) is -0.296. The van der Waals surface area contributed by atoms with Crippen LogP contribution < -0.4 is 16.6 Å². The summed E-state index contributed by atoms with van der Waals surface area (Å²) in [6.45, 7) is 2.82. The van der Waals surface area contributed by atoms with E-state index in [0.29, 0.717) is 18.7 Å². The molecule has 0 bridgehead atoms. The highest BCUT2D eigenvalue weighted by Crippen LogP contribution is 2.16. The van der Waals surface area contributed by atoms with Crippen LogP contribution in [0.4, 0.5) is 0 Å². The zero-order valence-corrected chi connectivity index (χ0v) is 14.4. The Bertz CT molecular complexity index is 1090. The third-order valence-electron chi connectivity index (χ3n) is 4.90. The van der Waals surface area contributed by atoms with Crippen molar-refractivity contribution in [1.82, 2.24) is 19.5 Å². The number of carbonyl (C=O) groups is 1. The number of fused-ring (bicyclic) bond motifs is 3. The van der Waals surface area contributed by atoms with Crippen molar-refractivity contribution < 1.29 is 9.53 Å². The molecule has 4 rings (SSSR count). The lowest BCUT2D eigenvalue weighted by molar-refractivity contribution is -0.125. The van der Waals surface area contributed by atoms with Crippen LogP contribution in [0.5, 0.6) is 0 Å². The van der Waals surface area contributed by atoms with Crippen LogP contribution in [0.15, 0.2) is 39.9 Å². The Labute approximate surface area is 148 Å². The highest BCUT2D eigenvalue weighted by atomic mass is 16.5. The Hall–Kier alpha value is -2.87. The van der Waals surface area contributed by atoms with E-state index in [1.54, 1.807) is 19.1 Å². The molecule has 0 aliphatic carbocycles. The fourth-order valence-corrected chi connectivity index (χ4v) is 3.41. The average Bonchev–Trinajstić information content (AvgIpc) is 3.05. The molecule has 1 fully saturated rings. The van der Waals surface area contributed by atoms with Crippen LogP contribution in [0.2, 0.25) is 0 Å². The van der Waals surface area contributed by atoms with Gasteiger partial charge in [-0.05, 0) is 31.9 Å². The summed E-state index contributed by atoms with van der Waals surface area (Å²) in [5, 5.41) is 6.27. The number of rotatable bonds is 3. The number of benzene rings is 1. The van der Waals surface area contributed by atoms with Gasteiger partial charge in [0.1, 0.15) is 11.6 Å². The van der Waals surface area contributed by atoms with Gasteiger partial charge in [0.15, 0.2) is 0 Å². The summed E-state index contributed by atoms with van der Waals surface area (Å²) < 4.78 is 7.73. The molecular weight excluding hydrogens is 336 g/mol. The second-order valence-corrected chi connectivity index (χ2v) is 6.59. The molecule has 1 atom stereocenters. The van der Waals surface area contributed by atoms with E-state index in [1.165, 1.54) is 4.40 Å². The topological polar surface area (TPSA) is 97.6 Å². The minimum atomic E-state index is -0.818. The first-order chi connectivity index (χ1) is 12.6. The summed E-state index contributed by atoms with van der Waals surface area (Å²) in [4.78, 5) is 37.9. The van der Waals surface area contributed by atoms with Gasteiger partial charge in [-0.3, -0.25) is 14.0 Å². The number of ether oxygens (including phenoxy) is 1. The van der Waals surface area contributed by atoms with Gasteiger partial charge in [-0.2, -0.15) is 0 Å². The van der Waals surface area contributed by atoms with Crippen LogP contribution in [0, 0.1) is 0 Å². The van der Waals surface area contributed by atoms with Gasteiger partial charge in [0.25, 0.3) is 5.56 Å². The third-order valence-corrected chi connectivity index (χ3v) is 4.90. The van der Waals surface area contributed by atoms with Crippen molar-refractivity contribution in [2.75, 3.05) is 13.2 Å². The van der Waals surface area contributed by atoms with Crippen molar-refractivity contribution in [1.29, 1.82) is 0 Å². The summed E-state index contributed by atoms with van der Waals surface area (Å²) in [5.41, 5.74) is 0.0509. The van der Waals surface area contributed by atoms with Crippen molar-refractivity contribution >= 4 is 22.3 Å². The lowest BCUT2D eigenvalue weighted by atomic mass is 10.1. The van der Waals surface area contributed by atoms with Gasteiger partial charge in [0, 0.05) is 24.6 Å². The molecular formula is C18H20N4O4. The van der Waals surface area contributed by atoms with E-state index in [2.05, 4.69) is 10.4 Å². The molecule has 1 amide bonds. The molecule has 1 aliphatic rings. The van der Waals surface area contributed by atoms with E-state index >= 15 is 0 Å². The molecule has 3 heterocycles. The molecule has 3 aromatic rings. The first-order valence-corrected chi connectivity index (χ1v) is 8.69. The van der Waals surface area contributed by atoms with Crippen LogP contribution in [0.3, 0.4) is 0 Å². The minimum absolute atomic E-state index is 0.0285. The molecule has 136 valence electrons. The fraction of sp³-hybridized carbons (Fsp3) is 0.389. The predicted molar refractivity (Wildman–Crippen MR) is 96.5 cm³/mol. The van der Waals surface area contributed by atoms with Crippen molar-refractivity contribution in [2.24, 2.45) is 0 Å². The maximum atomic E-state index is 12.9. The number of amides is 1. The molecule has 1 aromatic carbocycles. The number of H-pyrrole nitrogens is 1. The lowest BCUT2D eigenvalue weighted by Crippen LogP contribution is -2.45. The van der Waals surface area contributed by atoms with E-state index in [0.717, 1.165) is 22.9 Å². The largest absolute Gasteiger partial charge is 0.381 e. The molecule has 8 heteroatoms. The number of aromatic amines is 1. The normalized spacial score (nSPS) is 16.8. The Morgan fingerprint density at radius 2 is 1.96 bits per heavy atom. The van der Waals surface area contributed by atoms with Gasteiger partial charge in [0.2, 0.25) is 5.91 Å². The highest BCUT2D eigenvalue weighted by Gasteiger charge is 2.23. The monoisotopic (exact) mass is 356 g/mol. The van der Waals surface area contributed by atoms with E-state index in [1.807, 2.05) is 18.2 Å². The zero-order valence-electron chi connectivity index (χ0n) is 14.4. The molecule has 2 aromatic heterocycles. The summed E-state index contributed by atoms with van der Waals surface area (Å²) in [6.07, 6.45) is 1.49. The minimum Gasteiger partial charge on any atom is -0.381 e. The maximum absolute atomic E-state index is 12.9. The van der Waals surface area contributed by atoms with Crippen molar-refractivity contribution in [3.63, 3.8) is 0 Å². The number of nitrogens with one attached hydrogen (secondary N) is 2. The summed E-state index contributed by atoms with van der Waals surface area (Å²) in [6, 6.07) is 8.16. The molecule has 0 spiro atoms. The first kappa shape index (κ1) is 16.6. The van der Waals surface area contributed by atoms with Gasteiger partial charge in [-0.25, -0.2) is 14.6 Å². The van der Waals surface area contributed by atoms with Crippen LogP contribution in [0.25, 0.3) is 16.4 Å². The Morgan fingerprint density at radius 1 is 1.23 bits per heavy atom. The molecule has 0 saturated carbocycles. The molecule has 0 radical (unpaired) electrons. The molecule has 1 saturated heterocycles. The molecule has 8 nitrogen and oxygen atoms in total. The second-order valence-electron chi connectivity index (χ2n) is 6.59. The second kappa shape index (κ2) is 6.45. The van der Waals surface area contributed by atoms with Crippen molar-refractivity contribution in [2.45, 2.75) is 31.8 Å². The molecule has 1 unspecified atom stereocenters. The van der Waals surface area contributed by atoms with E-state index in [4.69, 9.17) is 4.74 Å². The number of nitrogens with zero attached hydrogens (tertiary/aromatic N) is 2. The SMILES string of the molecule is CC(C(=O)NC1CCOCC1)n1[nH]c(=O)n2c(cc3ccccc32)c1=O. The maximum Gasteiger partial charge on any atom is 0.345 e. The van der Waals surface area contributed by atoms with E-state index in [9.17, 15) is 14.4 Å². The Balaban J connectivity index is 1.73. The standard InChI is InChI=1S/C18H20N4O4/c1-11(16(23)19-13-6-8-26-9-7-13)22-17(24)15-10-12-4-2-3-5-14(12)21(15)18(25)20-22/h2-5,10-11,13H,6-9H2,1H3,(H,19,23)(H,20,25). The van der Waals surface area contributed by atoms with Gasteiger partial charge >= 0.3 is 5.69 Å². The van der Waals surface area contributed by atoms with Crippen LogP contribution in [-0.4, -0.2) is 39.3 Å². The fourth-order valence-electron chi connectivity index (χ4n) is 3.41. The zero-order chi connectivity index (χ0) is 18.3. The van der Waals surface area contributed by atoms with Crippen LogP contribution in [0.1, 0.15) is 25.8 Å². The lowest BCUT2D eigenvalue weighted by Gasteiger charge is -2.25. The van der Waals surface area contributed by atoms with E-state index in [-0.39, 0.29) is 17.5 Å². The number of aromatic nitrogens is 3. The molecule has 1 aliphatic heterocycles. The van der Waals surface area contributed by atoms with Crippen LogP contribution in [-0.2, 0) is 9.53 Å². The summed E-state index contributed by atoms with van der Waals surface area (Å²) in [7, 11) is 0. The van der Waals surface area contributed by atoms with Gasteiger partial charge in [-0.15, -0.1) is 0 Å². The first-order valence-electron chi connectivity index (χ1n) is 8.69. The average molecular weight is 356 g/mol. The summed E-state index contributed by atoms with van der Waals surface area (Å²) >= 11 is 0. The third kappa shape index (κ3) is 2.72. The highest BCUT2D eigenvalue weighted by molar-refractivity contribution is 5.86. The van der Waals surface area contributed by atoms with Crippen LogP contribution >= 0.6 is 0 Å². The van der Waals surface area contributed by atoms with Gasteiger partial charge < -0.3 is 10.1 Å². The number of hydrogen-bond acceptors (Lipinski definition) is 4. The van der Waals surface area contributed by atoms with Crippen molar-refractivity contribution in [3.8, 4) is 0 Å². The van der Waals surface area contributed by atoms with E-state index < -0.39 is 17.3 Å². The van der Waals surface area contributed by atoms with Crippen molar-refractivity contribution in [3.05, 3.63) is 51.2 Å². The Kier molecular flexibility index (Phi) is 4.12. The number of carbonyl (C=O) groups excluding carboxylic acids is 1. The smallest absolute Gasteiger partial charge is 0.345 e. The number of para-hydroxylation sites is 1. The number of hydrogen-bond donors (Lipinski definition) is 2. The molecule has 26 heavy (non-hydrogen) atoms. The Morgan fingerprint density at radius 3 is 2.73 bits per heavy atom.